The third-order valence-corrected chi connectivity index (χ3v) is 3.41. The molecule has 1 aromatic carbocycles. The fourth-order valence-corrected chi connectivity index (χ4v) is 2.72. The Morgan fingerprint density at radius 2 is 2.07 bits per heavy atom. The van der Waals surface area contributed by atoms with E-state index in [1.165, 1.54) is 31.2 Å². The number of ether oxygens (including phenoxy) is 1. The van der Waals surface area contributed by atoms with E-state index in [1.807, 2.05) is 12.1 Å². The number of rotatable bonds is 0. The minimum absolute atomic E-state index is 0.431. The summed E-state index contributed by atoms with van der Waals surface area (Å²) in [5.74, 6) is 1.68. The number of hydrogen-bond acceptors (Lipinski definition) is 2. The highest BCUT2D eigenvalue weighted by atomic mass is 16.5. The Labute approximate surface area is 84.1 Å². The summed E-state index contributed by atoms with van der Waals surface area (Å²) in [6.45, 7) is 0. The van der Waals surface area contributed by atoms with Crippen molar-refractivity contribution in [3.05, 3.63) is 23.8 Å². The van der Waals surface area contributed by atoms with Crippen LogP contribution in [-0.4, -0.2) is 6.10 Å². The van der Waals surface area contributed by atoms with Gasteiger partial charge in [-0.1, -0.05) is 6.42 Å². The van der Waals surface area contributed by atoms with Gasteiger partial charge in [0, 0.05) is 17.2 Å². The summed E-state index contributed by atoms with van der Waals surface area (Å²) in [5.41, 5.74) is 8.00. The van der Waals surface area contributed by atoms with Crippen LogP contribution >= 0.6 is 0 Å². The van der Waals surface area contributed by atoms with Crippen molar-refractivity contribution < 1.29 is 4.74 Å². The Morgan fingerprint density at radius 1 is 1.21 bits per heavy atom. The largest absolute Gasteiger partial charge is 0.489 e. The molecule has 2 atom stereocenters. The Morgan fingerprint density at radius 3 is 3.00 bits per heavy atom. The lowest BCUT2D eigenvalue weighted by molar-refractivity contribution is 0.164. The first-order valence-electron chi connectivity index (χ1n) is 5.41. The second kappa shape index (κ2) is 2.91. The van der Waals surface area contributed by atoms with E-state index in [0.29, 0.717) is 12.0 Å². The number of nitrogens with two attached hydrogens (primary N) is 1. The van der Waals surface area contributed by atoms with Gasteiger partial charge in [0.05, 0.1) is 0 Å². The third-order valence-electron chi connectivity index (χ3n) is 3.41. The standard InChI is InChI=1S/C12H15NO/c13-8-5-6-12-10(7-8)9-3-1-2-4-11(9)14-12/h5-7,9,11H,1-4,13H2. The van der Waals surface area contributed by atoms with Crippen LogP contribution in [-0.2, 0) is 0 Å². The van der Waals surface area contributed by atoms with Gasteiger partial charge in [0.2, 0.25) is 0 Å². The van der Waals surface area contributed by atoms with Crippen molar-refractivity contribution in [2.24, 2.45) is 0 Å². The molecular weight excluding hydrogens is 174 g/mol. The number of nitrogen functional groups attached to an aromatic ring is 1. The molecule has 2 unspecified atom stereocenters. The topological polar surface area (TPSA) is 35.2 Å². The molecule has 14 heavy (non-hydrogen) atoms. The Hall–Kier alpha value is -1.18. The molecule has 1 aliphatic carbocycles. The first-order valence-corrected chi connectivity index (χ1v) is 5.41. The van der Waals surface area contributed by atoms with Gasteiger partial charge < -0.3 is 10.5 Å². The van der Waals surface area contributed by atoms with Gasteiger partial charge in [-0.15, -0.1) is 0 Å². The second-order valence-electron chi connectivity index (χ2n) is 4.34. The van der Waals surface area contributed by atoms with Gasteiger partial charge in [-0.3, -0.25) is 0 Å². The molecule has 0 aromatic heterocycles. The average molecular weight is 189 g/mol. The maximum atomic E-state index is 5.91. The van der Waals surface area contributed by atoms with Crippen LogP contribution in [0.1, 0.15) is 37.2 Å². The van der Waals surface area contributed by atoms with Crippen LogP contribution in [0.25, 0.3) is 0 Å². The van der Waals surface area contributed by atoms with Gasteiger partial charge >= 0.3 is 0 Å². The van der Waals surface area contributed by atoms with Crippen LogP contribution in [0.2, 0.25) is 0 Å². The molecule has 74 valence electrons. The van der Waals surface area contributed by atoms with E-state index < -0.39 is 0 Å². The van der Waals surface area contributed by atoms with Crippen molar-refractivity contribution in [2.45, 2.75) is 37.7 Å². The summed E-state index contributed by atoms with van der Waals surface area (Å²) in [7, 11) is 0. The average Bonchev–Trinajstić information content (AvgIpc) is 2.56. The smallest absolute Gasteiger partial charge is 0.123 e. The molecule has 2 aliphatic rings. The molecule has 2 nitrogen and oxygen atoms in total. The monoisotopic (exact) mass is 189 g/mol. The lowest BCUT2D eigenvalue weighted by Gasteiger charge is -2.23. The predicted molar refractivity (Wildman–Crippen MR) is 56.5 cm³/mol. The van der Waals surface area contributed by atoms with E-state index in [0.717, 1.165) is 11.4 Å². The zero-order valence-electron chi connectivity index (χ0n) is 8.20. The molecule has 0 amide bonds. The SMILES string of the molecule is Nc1ccc2c(c1)C1CCCCC1O2. The van der Waals surface area contributed by atoms with Gasteiger partial charge in [-0.2, -0.15) is 0 Å². The fourth-order valence-electron chi connectivity index (χ4n) is 2.72. The maximum absolute atomic E-state index is 5.91. The molecule has 1 heterocycles. The number of fused-ring (bicyclic) bond motifs is 3. The van der Waals surface area contributed by atoms with Gasteiger partial charge in [0.15, 0.2) is 0 Å². The maximum Gasteiger partial charge on any atom is 0.123 e. The first-order chi connectivity index (χ1) is 6.84. The summed E-state index contributed by atoms with van der Waals surface area (Å²) in [5, 5.41) is 0. The fraction of sp³-hybridized carbons (Fsp3) is 0.500. The normalized spacial score (nSPS) is 29.1. The number of anilines is 1. The van der Waals surface area contributed by atoms with Crippen molar-refractivity contribution in [3.8, 4) is 5.75 Å². The van der Waals surface area contributed by atoms with Crippen LogP contribution in [0.4, 0.5) is 5.69 Å². The minimum atomic E-state index is 0.431. The Kier molecular flexibility index (Phi) is 1.69. The van der Waals surface area contributed by atoms with Crippen molar-refractivity contribution >= 4 is 5.69 Å². The number of benzene rings is 1. The zero-order chi connectivity index (χ0) is 9.54. The van der Waals surface area contributed by atoms with Crippen molar-refractivity contribution in [1.82, 2.24) is 0 Å². The van der Waals surface area contributed by atoms with Gasteiger partial charge in [0.25, 0.3) is 0 Å². The zero-order valence-corrected chi connectivity index (χ0v) is 8.20. The highest BCUT2D eigenvalue weighted by Gasteiger charge is 2.35. The van der Waals surface area contributed by atoms with Gasteiger partial charge in [-0.05, 0) is 37.5 Å². The molecule has 2 N–H and O–H groups in total. The third kappa shape index (κ3) is 1.10. The van der Waals surface area contributed by atoms with Crippen molar-refractivity contribution in [3.63, 3.8) is 0 Å². The summed E-state index contributed by atoms with van der Waals surface area (Å²) < 4.78 is 5.91. The van der Waals surface area contributed by atoms with E-state index in [1.54, 1.807) is 0 Å². The van der Waals surface area contributed by atoms with E-state index in [4.69, 9.17) is 10.5 Å². The molecule has 1 aromatic rings. The van der Waals surface area contributed by atoms with Gasteiger partial charge in [0.1, 0.15) is 11.9 Å². The van der Waals surface area contributed by atoms with E-state index >= 15 is 0 Å². The molecule has 2 heteroatoms. The number of hydrogen-bond donors (Lipinski definition) is 1. The lowest BCUT2D eigenvalue weighted by atomic mass is 9.83. The molecule has 1 aliphatic heterocycles. The minimum Gasteiger partial charge on any atom is -0.489 e. The van der Waals surface area contributed by atoms with Crippen LogP contribution in [0.3, 0.4) is 0 Å². The van der Waals surface area contributed by atoms with Crippen LogP contribution in [0, 0.1) is 0 Å². The molecule has 3 rings (SSSR count). The van der Waals surface area contributed by atoms with Crippen LogP contribution < -0.4 is 10.5 Å². The van der Waals surface area contributed by atoms with Crippen LogP contribution in [0.15, 0.2) is 18.2 Å². The summed E-state index contributed by atoms with van der Waals surface area (Å²) in [6.07, 6.45) is 5.55. The van der Waals surface area contributed by atoms with Crippen molar-refractivity contribution in [2.75, 3.05) is 5.73 Å². The molecule has 0 radical (unpaired) electrons. The Balaban J connectivity index is 2.02. The predicted octanol–water partition coefficient (Wildman–Crippen LogP) is 2.69. The highest BCUT2D eigenvalue weighted by molar-refractivity contribution is 5.51. The first kappa shape index (κ1) is 8.16. The quantitative estimate of drug-likeness (QED) is 0.637. The molecule has 1 fully saturated rings. The van der Waals surface area contributed by atoms with Crippen LogP contribution in [0.5, 0.6) is 5.75 Å². The van der Waals surface area contributed by atoms with E-state index in [9.17, 15) is 0 Å². The van der Waals surface area contributed by atoms with E-state index in [-0.39, 0.29) is 0 Å². The molecule has 1 saturated carbocycles. The lowest BCUT2D eigenvalue weighted by Crippen LogP contribution is -2.22. The highest BCUT2D eigenvalue weighted by Crippen LogP contribution is 2.45. The molecular formula is C12H15NO. The van der Waals surface area contributed by atoms with Gasteiger partial charge in [-0.25, -0.2) is 0 Å². The van der Waals surface area contributed by atoms with Crippen molar-refractivity contribution in [1.29, 1.82) is 0 Å². The molecule has 0 saturated heterocycles. The molecule has 0 bridgehead atoms. The summed E-state index contributed by atoms with van der Waals surface area (Å²) in [6, 6.07) is 6.03. The summed E-state index contributed by atoms with van der Waals surface area (Å²) in [4.78, 5) is 0. The summed E-state index contributed by atoms with van der Waals surface area (Å²) >= 11 is 0. The Bertz CT molecular complexity index is 361. The molecule has 0 spiro atoms. The van der Waals surface area contributed by atoms with E-state index in [2.05, 4.69) is 6.07 Å². The second-order valence-corrected chi connectivity index (χ2v) is 4.34.